The minimum atomic E-state index is -3.42. The van der Waals surface area contributed by atoms with Crippen molar-refractivity contribution in [1.29, 1.82) is 0 Å². The molecular formula is C11H18N2O2S. The van der Waals surface area contributed by atoms with E-state index in [2.05, 4.69) is 4.72 Å². The number of rotatable bonds is 5. The van der Waals surface area contributed by atoms with Crippen molar-refractivity contribution in [3.05, 3.63) is 23.8 Å². The van der Waals surface area contributed by atoms with E-state index in [-0.39, 0.29) is 4.90 Å². The lowest BCUT2D eigenvalue weighted by Gasteiger charge is -2.10. The molecule has 0 aliphatic rings. The molecule has 0 spiro atoms. The second-order valence-electron chi connectivity index (χ2n) is 3.72. The van der Waals surface area contributed by atoms with Gasteiger partial charge in [-0.05, 0) is 31.0 Å². The molecule has 4 nitrogen and oxygen atoms in total. The number of benzene rings is 1. The van der Waals surface area contributed by atoms with E-state index >= 15 is 0 Å². The van der Waals surface area contributed by atoms with Gasteiger partial charge in [0, 0.05) is 12.2 Å². The fourth-order valence-electron chi connectivity index (χ4n) is 1.38. The third-order valence-corrected chi connectivity index (χ3v) is 4.04. The minimum Gasteiger partial charge on any atom is -0.398 e. The molecule has 0 radical (unpaired) electrons. The number of hydrogen-bond donors (Lipinski definition) is 2. The van der Waals surface area contributed by atoms with Gasteiger partial charge >= 0.3 is 0 Å². The van der Waals surface area contributed by atoms with Crippen molar-refractivity contribution in [2.75, 3.05) is 12.3 Å². The average Bonchev–Trinajstić information content (AvgIpc) is 2.22. The van der Waals surface area contributed by atoms with Gasteiger partial charge in [-0.15, -0.1) is 0 Å². The Morgan fingerprint density at radius 2 is 2.06 bits per heavy atom. The molecule has 0 unspecified atom stereocenters. The monoisotopic (exact) mass is 242 g/mol. The Morgan fingerprint density at radius 1 is 1.38 bits per heavy atom. The highest BCUT2D eigenvalue weighted by Crippen LogP contribution is 2.19. The first kappa shape index (κ1) is 13.0. The normalized spacial score (nSPS) is 11.6. The first-order chi connectivity index (χ1) is 7.49. The van der Waals surface area contributed by atoms with Gasteiger partial charge in [-0.2, -0.15) is 0 Å². The highest BCUT2D eigenvalue weighted by molar-refractivity contribution is 7.89. The van der Waals surface area contributed by atoms with Gasteiger partial charge in [0.05, 0.1) is 4.90 Å². The minimum absolute atomic E-state index is 0.267. The Morgan fingerprint density at radius 3 is 2.69 bits per heavy atom. The van der Waals surface area contributed by atoms with Crippen molar-refractivity contribution < 1.29 is 8.42 Å². The van der Waals surface area contributed by atoms with Crippen LogP contribution in [0.3, 0.4) is 0 Å². The van der Waals surface area contributed by atoms with Crippen LogP contribution in [-0.4, -0.2) is 15.0 Å². The predicted molar refractivity (Wildman–Crippen MR) is 65.7 cm³/mol. The maximum Gasteiger partial charge on any atom is 0.240 e. The molecule has 0 aromatic heterocycles. The Labute approximate surface area is 96.9 Å². The third-order valence-electron chi connectivity index (χ3n) is 2.44. The largest absolute Gasteiger partial charge is 0.398 e. The molecule has 16 heavy (non-hydrogen) atoms. The van der Waals surface area contributed by atoms with E-state index in [1.54, 1.807) is 25.1 Å². The van der Waals surface area contributed by atoms with E-state index in [1.165, 1.54) is 0 Å². The molecule has 0 saturated carbocycles. The molecule has 0 amide bonds. The summed E-state index contributed by atoms with van der Waals surface area (Å²) in [7, 11) is -3.42. The zero-order valence-electron chi connectivity index (χ0n) is 9.66. The Hall–Kier alpha value is -1.07. The van der Waals surface area contributed by atoms with E-state index in [1.807, 2.05) is 6.92 Å². The number of sulfonamides is 1. The summed E-state index contributed by atoms with van der Waals surface area (Å²) in [5.74, 6) is 0. The van der Waals surface area contributed by atoms with Gasteiger partial charge in [0.1, 0.15) is 0 Å². The Kier molecular flexibility index (Phi) is 4.32. The summed E-state index contributed by atoms with van der Waals surface area (Å²) < 4.78 is 26.4. The number of unbranched alkanes of at least 4 members (excludes halogenated alkanes) is 1. The summed E-state index contributed by atoms with van der Waals surface area (Å²) in [5, 5.41) is 0. The molecular weight excluding hydrogens is 224 g/mol. The quantitative estimate of drug-likeness (QED) is 0.609. The average molecular weight is 242 g/mol. The molecule has 0 bridgehead atoms. The van der Waals surface area contributed by atoms with Crippen LogP contribution in [0.5, 0.6) is 0 Å². The van der Waals surface area contributed by atoms with E-state index in [0.717, 1.165) is 12.8 Å². The number of nitrogen functional groups attached to an aromatic ring is 1. The molecule has 0 atom stereocenters. The number of anilines is 1. The molecule has 1 aromatic carbocycles. The zero-order chi connectivity index (χ0) is 12.2. The Balaban J connectivity index is 2.94. The van der Waals surface area contributed by atoms with Crippen LogP contribution in [0.25, 0.3) is 0 Å². The molecule has 0 aliphatic carbocycles. The predicted octanol–water partition coefficient (Wildman–Crippen LogP) is 1.66. The number of hydrogen-bond acceptors (Lipinski definition) is 3. The van der Waals surface area contributed by atoms with Crippen LogP contribution in [0.4, 0.5) is 5.69 Å². The van der Waals surface area contributed by atoms with Crippen LogP contribution >= 0.6 is 0 Å². The van der Waals surface area contributed by atoms with Crippen molar-refractivity contribution >= 4 is 15.7 Å². The SMILES string of the molecule is CCCCNS(=O)(=O)c1cccc(N)c1C. The lowest BCUT2D eigenvalue weighted by molar-refractivity contribution is 0.578. The van der Waals surface area contributed by atoms with Crippen LogP contribution in [0.15, 0.2) is 23.1 Å². The van der Waals surface area contributed by atoms with Crippen LogP contribution in [-0.2, 0) is 10.0 Å². The maximum absolute atomic E-state index is 11.9. The smallest absolute Gasteiger partial charge is 0.240 e. The van der Waals surface area contributed by atoms with E-state index < -0.39 is 10.0 Å². The Bertz CT molecular complexity index is 455. The molecule has 5 heteroatoms. The molecule has 0 heterocycles. The van der Waals surface area contributed by atoms with Crippen molar-refractivity contribution in [2.45, 2.75) is 31.6 Å². The molecule has 0 saturated heterocycles. The van der Waals surface area contributed by atoms with Crippen molar-refractivity contribution in [3.63, 3.8) is 0 Å². The fraction of sp³-hybridized carbons (Fsp3) is 0.455. The van der Waals surface area contributed by atoms with Crippen LogP contribution in [0, 0.1) is 6.92 Å². The van der Waals surface area contributed by atoms with Crippen LogP contribution < -0.4 is 10.5 Å². The first-order valence-electron chi connectivity index (χ1n) is 5.33. The van der Waals surface area contributed by atoms with Gasteiger partial charge in [-0.25, -0.2) is 13.1 Å². The van der Waals surface area contributed by atoms with Gasteiger partial charge in [-0.1, -0.05) is 19.4 Å². The number of nitrogens with two attached hydrogens (primary N) is 1. The summed E-state index contributed by atoms with van der Waals surface area (Å²) in [6, 6.07) is 4.91. The van der Waals surface area contributed by atoms with Crippen molar-refractivity contribution in [3.8, 4) is 0 Å². The molecule has 3 N–H and O–H groups in total. The van der Waals surface area contributed by atoms with Gasteiger partial charge in [0.2, 0.25) is 10.0 Å². The summed E-state index contributed by atoms with van der Waals surface area (Å²) in [6.07, 6.45) is 1.79. The van der Waals surface area contributed by atoms with Gasteiger partial charge in [-0.3, -0.25) is 0 Å². The first-order valence-corrected chi connectivity index (χ1v) is 6.82. The highest BCUT2D eigenvalue weighted by atomic mass is 32.2. The van der Waals surface area contributed by atoms with E-state index in [9.17, 15) is 8.42 Å². The van der Waals surface area contributed by atoms with E-state index in [0.29, 0.717) is 17.8 Å². The molecule has 0 aliphatic heterocycles. The van der Waals surface area contributed by atoms with Crippen molar-refractivity contribution in [2.24, 2.45) is 0 Å². The van der Waals surface area contributed by atoms with Crippen LogP contribution in [0.1, 0.15) is 25.3 Å². The van der Waals surface area contributed by atoms with Gasteiger partial charge in [0.15, 0.2) is 0 Å². The summed E-state index contributed by atoms with van der Waals surface area (Å²) >= 11 is 0. The lowest BCUT2D eigenvalue weighted by atomic mass is 10.2. The second kappa shape index (κ2) is 5.32. The molecule has 0 fully saturated rings. The zero-order valence-corrected chi connectivity index (χ0v) is 10.5. The number of nitrogens with one attached hydrogen (secondary N) is 1. The molecule has 1 rings (SSSR count). The second-order valence-corrected chi connectivity index (χ2v) is 5.46. The molecule has 90 valence electrons. The summed E-state index contributed by atoms with van der Waals surface area (Å²) in [6.45, 7) is 4.19. The summed E-state index contributed by atoms with van der Waals surface area (Å²) in [4.78, 5) is 0.267. The van der Waals surface area contributed by atoms with Gasteiger partial charge < -0.3 is 5.73 Å². The molecule has 1 aromatic rings. The highest BCUT2D eigenvalue weighted by Gasteiger charge is 2.16. The third kappa shape index (κ3) is 2.96. The summed E-state index contributed by atoms with van der Waals surface area (Å²) in [5.41, 5.74) is 6.78. The fourth-order valence-corrected chi connectivity index (χ4v) is 2.73. The van der Waals surface area contributed by atoms with Crippen molar-refractivity contribution in [1.82, 2.24) is 4.72 Å². The lowest BCUT2D eigenvalue weighted by Crippen LogP contribution is -2.25. The maximum atomic E-state index is 11.9. The van der Waals surface area contributed by atoms with Gasteiger partial charge in [0.25, 0.3) is 0 Å². The standard InChI is InChI=1S/C11H18N2O2S/c1-3-4-8-13-16(14,15)11-7-5-6-10(12)9(11)2/h5-7,13H,3-4,8,12H2,1-2H3. The van der Waals surface area contributed by atoms with E-state index in [4.69, 9.17) is 5.73 Å². The topological polar surface area (TPSA) is 72.2 Å². The van der Waals surface area contributed by atoms with Crippen LogP contribution in [0.2, 0.25) is 0 Å².